The lowest BCUT2D eigenvalue weighted by Crippen LogP contribution is -2.43. The molecule has 0 amide bonds. The Morgan fingerprint density at radius 2 is 1.69 bits per heavy atom. The van der Waals surface area contributed by atoms with E-state index >= 15 is 0 Å². The third-order valence-electron chi connectivity index (χ3n) is 2.72. The Morgan fingerprint density at radius 3 is 2.25 bits per heavy atom. The SMILES string of the molecule is CC(c1ccccc1)N1CC(=O)OC(=O)C1. The number of carbonyl (C=O) groups is 2. The summed E-state index contributed by atoms with van der Waals surface area (Å²) in [6.07, 6.45) is 0. The number of hydrogen-bond acceptors (Lipinski definition) is 4. The fraction of sp³-hybridized carbons (Fsp3) is 0.333. The number of hydrogen-bond donors (Lipinski definition) is 0. The number of benzene rings is 1. The lowest BCUT2D eigenvalue weighted by Gasteiger charge is -2.30. The highest BCUT2D eigenvalue weighted by Crippen LogP contribution is 2.20. The molecule has 84 valence electrons. The number of cyclic esters (lactones) is 2. The van der Waals surface area contributed by atoms with Crippen LogP contribution in [0.1, 0.15) is 18.5 Å². The molecule has 0 spiro atoms. The van der Waals surface area contributed by atoms with Crippen LogP contribution in [0.2, 0.25) is 0 Å². The molecule has 16 heavy (non-hydrogen) atoms. The van der Waals surface area contributed by atoms with Gasteiger partial charge in [0.05, 0.1) is 13.1 Å². The van der Waals surface area contributed by atoms with Gasteiger partial charge in [-0.15, -0.1) is 0 Å². The lowest BCUT2D eigenvalue weighted by molar-refractivity contribution is -0.167. The van der Waals surface area contributed by atoms with Crippen LogP contribution in [0.25, 0.3) is 0 Å². The van der Waals surface area contributed by atoms with Gasteiger partial charge < -0.3 is 4.74 Å². The summed E-state index contributed by atoms with van der Waals surface area (Å²) in [4.78, 5) is 24.1. The van der Waals surface area contributed by atoms with Crippen molar-refractivity contribution in [3.8, 4) is 0 Å². The van der Waals surface area contributed by atoms with Crippen molar-refractivity contribution in [2.45, 2.75) is 13.0 Å². The summed E-state index contributed by atoms with van der Waals surface area (Å²) in [5.74, 6) is -0.946. The van der Waals surface area contributed by atoms with Crippen LogP contribution in [0.4, 0.5) is 0 Å². The highest BCUT2D eigenvalue weighted by Gasteiger charge is 2.28. The predicted octanol–water partition coefficient (Wildman–Crippen LogP) is 1.13. The number of ether oxygens (including phenoxy) is 1. The van der Waals surface area contributed by atoms with E-state index in [-0.39, 0.29) is 19.1 Å². The fourth-order valence-electron chi connectivity index (χ4n) is 1.80. The van der Waals surface area contributed by atoms with Crippen molar-refractivity contribution in [1.82, 2.24) is 4.90 Å². The highest BCUT2D eigenvalue weighted by atomic mass is 16.6. The number of nitrogens with zero attached hydrogens (tertiary/aromatic N) is 1. The van der Waals surface area contributed by atoms with Gasteiger partial charge in [0.2, 0.25) is 0 Å². The second-order valence-corrected chi connectivity index (χ2v) is 3.84. The molecular weight excluding hydrogens is 206 g/mol. The molecule has 0 saturated carbocycles. The van der Waals surface area contributed by atoms with E-state index < -0.39 is 11.9 Å². The molecule has 0 aromatic heterocycles. The standard InChI is InChI=1S/C12H13NO3/c1-9(10-5-3-2-4-6-10)13-7-11(14)16-12(15)8-13/h2-6,9H,7-8H2,1H3. The summed E-state index contributed by atoms with van der Waals surface area (Å²) in [5.41, 5.74) is 1.09. The quantitative estimate of drug-likeness (QED) is 0.552. The normalized spacial score (nSPS) is 19.3. The first-order chi connectivity index (χ1) is 7.66. The van der Waals surface area contributed by atoms with Crippen molar-refractivity contribution in [1.29, 1.82) is 0 Å². The van der Waals surface area contributed by atoms with Crippen molar-refractivity contribution in [3.05, 3.63) is 35.9 Å². The van der Waals surface area contributed by atoms with Crippen LogP contribution in [0, 0.1) is 0 Å². The van der Waals surface area contributed by atoms with E-state index in [2.05, 4.69) is 4.74 Å². The molecule has 1 heterocycles. The van der Waals surface area contributed by atoms with Gasteiger partial charge in [0.15, 0.2) is 0 Å². The average molecular weight is 219 g/mol. The van der Waals surface area contributed by atoms with E-state index in [0.717, 1.165) is 5.56 Å². The minimum Gasteiger partial charge on any atom is -0.391 e. The molecule has 1 saturated heterocycles. The van der Waals surface area contributed by atoms with Gasteiger partial charge in [0.1, 0.15) is 0 Å². The van der Waals surface area contributed by atoms with Crippen molar-refractivity contribution in [2.24, 2.45) is 0 Å². The Bertz CT molecular complexity index is 386. The van der Waals surface area contributed by atoms with Crippen molar-refractivity contribution in [3.63, 3.8) is 0 Å². The number of rotatable bonds is 2. The molecule has 1 fully saturated rings. The zero-order valence-corrected chi connectivity index (χ0v) is 9.05. The molecule has 1 unspecified atom stereocenters. The van der Waals surface area contributed by atoms with Crippen LogP contribution in [0.15, 0.2) is 30.3 Å². The molecule has 0 N–H and O–H groups in total. The van der Waals surface area contributed by atoms with Gasteiger partial charge >= 0.3 is 11.9 Å². The van der Waals surface area contributed by atoms with E-state index in [9.17, 15) is 9.59 Å². The molecule has 1 aliphatic heterocycles. The fourth-order valence-corrected chi connectivity index (χ4v) is 1.80. The van der Waals surface area contributed by atoms with Gasteiger partial charge in [-0.3, -0.25) is 14.5 Å². The van der Waals surface area contributed by atoms with Crippen LogP contribution in [-0.2, 0) is 14.3 Å². The zero-order chi connectivity index (χ0) is 11.5. The van der Waals surface area contributed by atoms with Gasteiger partial charge in [-0.2, -0.15) is 0 Å². The van der Waals surface area contributed by atoms with E-state index in [4.69, 9.17) is 0 Å². The second kappa shape index (κ2) is 4.45. The summed E-state index contributed by atoms with van der Waals surface area (Å²) >= 11 is 0. The van der Waals surface area contributed by atoms with Gasteiger partial charge in [-0.1, -0.05) is 30.3 Å². The summed E-state index contributed by atoms with van der Waals surface area (Å²) < 4.78 is 4.48. The summed E-state index contributed by atoms with van der Waals surface area (Å²) in [6, 6.07) is 9.82. The van der Waals surface area contributed by atoms with Crippen LogP contribution in [0.3, 0.4) is 0 Å². The highest BCUT2D eigenvalue weighted by molar-refractivity contribution is 5.90. The van der Waals surface area contributed by atoms with E-state index in [0.29, 0.717) is 0 Å². The van der Waals surface area contributed by atoms with Gasteiger partial charge in [0.25, 0.3) is 0 Å². The predicted molar refractivity (Wildman–Crippen MR) is 57.5 cm³/mol. The molecule has 0 aliphatic carbocycles. The first kappa shape index (κ1) is 10.8. The molecule has 0 bridgehead atoms. The molecule has 0 radical (unpaired) electrons. The molecule has 4 nitrogen and oxygen atoms in total. The van der Waals surface area contributed by atoms with Gasteiger partial charge in [-0.05, 0) is 12.5 Å². The topological polar surface area (TPSA) is 46.6 Å². The third kappa shape index (κ3) is 2.28. The average Bonchev–Trinajstić information content (AvgIpc) is 2.28. The first-order valence-electron chi connectivity index (χ1n) is 5.19. The molecule has 1 aromatic rings. The Balaban J connectivity index is 2.13. The maximum atomic E-state index is 11.1. The van der Waals surface area contributed by atoms with Crippen LogP contribution in [0.5, 0.6) is 0 Å². The van der Waals surface area contributed by atoms with E-state index in [1.54, 1.807) is 0 Å². The lowest BCUT2D eigenvalue weighted by atomic mass is 10.1. The zero-order valence-electron chi connectivity index (χ0n) is 9.05. The largest absolute Gasteiger partial charge is 0.391 e. The maximum Gasteiger partial charge on any atom is 0.327 e. The number of esters is 2. The molecule has 2 rings (SSSR count). The van der Waals surface area contributed by atoms with Gasteiger partial charge in [0, 0.05) is 6.04 Å². The summed E-state index contributed by atoms with van der Waals surface area (Å²) in [6.45, 7) is 2.31. The first-order valence-corrected chi connectivity index (χ1v) is 5.19. The Morgan fingerprint density at radius 1 is 1.12 bits per heavy atom. The Hall–Kier alpha value is -1.68. The van der Waals surface area contributed by atoms with Crippen LogP contribution < -0.4 is 0 Å². The maximum absolute atomic E-state index is 11.1. The molecular formula is C12H13NO3. The van der Waals surface area contributed by atoms with Gasteiger partial charge in [-0.25, -0.2) is 0 Å². The molecule has 1 aromatic carbocycles. The van der Waals surface area contributed by atoms with Crippen molar-refractivity contribution in [2.75, 3.05) is 13.1 Å². The molecule has 1 atom stereocenters. The van der Waals surface area contributed by atoms with Crippen LogP contribution in [-0.4, -0.2) is 29.9 Å². The molecule has 4 heteroatoms. The van der Waals surface area contributed by atoms with Crippen molar-refractivity contribution < 1.29 is 14.3 Å². The van der Waals surface area contributed by atoms with E-state index in [1.165, 1.54) is 0 Å². The summed E-state index contributed by atoms with van der Waals surface area (Å²) in [5, 5.41) is 0. The molecule has 1 aliphatic rings. The smallest absolute Gasteiger partial charge is 0.327 e. The van der Waals surface area contributed by atoms with E-state index in [1.807, 2.05) is 42.2 Å². The monoisotopic (exact) mass is 219 g/mol. The number of morpholine rings is 1. The summed E-state index contributed by atoms with van der Waals surface area (Å²) in [7, 11) is 0. The second-order valence-electron chi connectivity index (χ2n) is 3.84. The Kier molecular flexibility index (Phi) is 3.01. The number of carbonyl (C=O) groups excluding carboxylic acids is 2. The third-order valence-corrected chi connectivity index (χ3v) is 2.72. The Labute approximate surface area is 93.8 Å². The van der Waals surface area contributed by atoms with Crippen molar-refractivity contribution >= 4 is 11.9 Å². The van der Waals surface area contributed by atoms with Crippen LogP contribution >= 0.6 is 0 Å². The minimum atomic E-state index is -0.473. The minimum absolute atomic E-state index is 0.0398.